The summed E-state index contributed by atoms with van der Waals surface area (Å²) in [6.07, 6.45) is 0. The summed E-state index contributed by atoms with van der Waals surface area (Å²) in [6.45, 7) is 5.47. The normalized spacial score (nSPS) is 12.9. The van der Waals surface area contributed by atoms with E-state index in [0.717, 1.165) is 10.0 Å². The summed E-state index contributed by atoms with van der Waals surface area (Å²) in [5.41, 5.74) is 1.03. The number of aromatic nitrogens is 1. The van der Waals surface area contributed by atoms with Crippen LogP contribution in [0.1, 0.15) is 19.5 Å². The second-order valence-corrected chi connectivity index (χ2v) is 5.07. The van der Waals surface area contributed by atoms with Crippen LogP contribution in [0.4, 0.5) is 0 Å². The molecule has 0 aliphatic carbocycles. The van der Waals surface area contributed by atoms with E-state index in [0.29, 0.717) is 0 Å². The first-order valence-electron chi connectivity index (χ1n) is 3.69. The smallest absolute Gasteiger partial charge is 0.150 e. The van der Waals surface area contributed by atoms with Crippen LogP contribution in [-0.4, -0.2) is 16.0 Å². The first kappa shape index (κ1) is 9.74. The number of hydrogen-bond donors (Lipinski definition) is 0. The third kappa shape index (κ3) is 2.60. The van der Waals surface area contributed by atoms with Crippen molar-refractivity contribution in [2.75, 3.05) is 0 Å². The van der Waals surface area contributed by atoms with E-state index in [4.69, 9.17) is 0 Å². The summed E-state index contributed by atoms with van der Waals surface area (Å²) in [4.78, 5) is 15.2. The van der Waals surface area contributed by atoms with E-state index < -0.39 is 0 Å². The average Bonchev–Trinajstić information content (AvgIpc) is 2.35. The summed E-state index contributed by atoms with van der Waals surface area (Å²) in [6, 6.07) is 0. The van der Waals surface area contributed by atoms with Gasteiger partial charge in [-0.15, -0.1) is 11.3 Å². The number of carbonyl (C=O) groups is 1. The first-order chi connectivity index (χ1) is 5.59. The maximum absolute atomic E-state index is 10.9. The van der Waals surface area contributed by atoms with Gasteiger partial charge in [0.2, 0.25) is 0 Å². The third-order valence-electron chi connectivity index (χ3n) is 1.45. The van der Waals surface area contributed by atoms with Gasteiger partial charge in [0.1, 0.15) is 5.78 Å². The van der Waals surface area contributed by atoms with Crippen molar-refractivity contribution < 1.29 is 4.79 Å². The molecule has 1 rings (SSSR count). The van der Waals surface area contributed by atoms with Crippen molar-refractivity contribution in [1.29, 1.82) is 0 Å². The largest absolute Gasteiger partial charge is 0.299 e. The SMILES string of the molecule is CC(=O)C(C)Sc1nc(C)cs1. The lowest BCUT2D eigenvalue weighted by Crippen LogP contribution is -2.07. The molecule has 0 aromatic carbocycles. The zero-order valence-electron chi connectivity index (χ0n) is 7.33. The highest BCUT2D eigenvalue weighted by molar-refractivity contribution is 8.02. The minimum absolute atomic E-state index is 0.0237. The Morgan fingerprint density at radius 3 is 2.83 bits per heavy atom. The predicted molar refractivity (Wildman–Crippen MR) is 52.9 cm³/mol. The number of aryl methyl sites for hydroxylation is 1. The number of hydrogen-bond acceptors (Lipinski definition) is 4. The zero-order chi connectivity index (χ0) is 9.14. The number of rotatable bonds is 3. The molecule has 1 heterocycles. The summed E-state index contributed by atoms with van der Waals surface area (Å²) in [5.74, 6) is 0.202. The Hall–Kier alpha value is -0.350. The fourth-order valence-corrected chi connectivity index (χ4v) is 2.61. The molecule has 0 aliphatic rings. The standard InChI is InChI=1S/C8H11NOS2/c1-5-4-11-8(9-5)12-7(3)6(2)10/h4,7H,1-3H3. The fourth-order valence-electron chi connectivity index (χ4n) is 0.621. The maximum Gasteiger partial charge on any atom is 0.150 e. The predicted octanol–water partition coefficient (Wildman–Crippen LogP) is 2.52. The van der Waals surface area contributed by atoms with Crippen LogP contribution >= 0.6 is 23.1 Å². The quantitative estimate of drug-likeness (QED) is 0.704. The van der Waals surface area contributed by atoms with Gasteiger partial charge in [0.15, 0.2) is 4.34 Å². The second-order valence-electron chi connectivity index (χ2n) is 2.63. The highest BCUT2D eigenvalue weighted by atomic mass is 32.2. The van der Waals surface area contributed by atoms with Crippen LogP contribution in [0.5, 0.6) is 0 Å². The van der Waals surface area contributed by atoms with Crippen LogP contribution < -0.4 is 0 Å². The van der Waals surface area contributed by atoms with E-state index in [2.05, 4.69) is 4.98 Å². The van der Waals surface area contributed by atoms with Crippen LogP contribution in [-0.2, 0) is 4.79 Å². The van der Waals surface area contributed by atoms with Gasteiger partial charge < -0.3 is 0 Å². The molecule has 0 radical (unpaired) electrons. The van der Waals surface area contributed by atoms with E-state index >= 15 is 0 Å². The molecule has 0 amide bonds. The van der Waals surface area contributed by atoms with Crippen LogP contribution in [0, 0.1) is 6.92 Å². The van der Waals surface area contributed by atoms with Gasteiger partial charge in [-0.05, 0) is 20.8 Å². The molecular formula is C8H11NOS2. The molecule has 1 unspecified atom stereocenters. The third-order valence-corrected chi connectivity index (χ3v) is 3.76. The fraction of sp³-hybridized carbons (Fsp3) is 0.500. The molecule has 1 aromatic rings. The minimum Gasteiger partial charge on any atom is -0.299 e. The number of thiazole rings is 1. The van der Waals surface area contributed by atoms with Crippen LogP contribution in [0.2, 0.25) is 0 Å². The Kier molecular flexibility index (Phi) is 3.29. The molecule has 66 valence electrons. The van der Waals surface area contributed by atoms with Gasteiger partial charge in [0, 0.05) is 11.1 Å². The molecule has 0 saturated carbocycles. The topological polar surface area (TPSA) is 30.0 Å². The van der Waals surface area contributed by atoms with Crippen LogP contribution in [0.25, 0.3) is 0 Å². The molecule has 0 saturated heterocycles. The molecule has 12 heavy (non-hydrogen) atoms. The molecule has 0 fully saturated rings. The van der Waals surface area contributed by atoms with E-state index in [1.807, 2.05) is 19.2 Å². The van der Waals surface area contributed by atoms with Gasteiger partial charge in [-0.25, -0.2) is 4.98 Å². The van der Waals surface area contributed by atoms with Crippen molar-refractivity contribution in [3.05, 3.63) is 11.1 Å². The molecule has 0 spiro atoms. The van der Waals surface area contributed by atoms with E-state index in [1.54, 1.807) is 18.3 Å². The molecule has 2 nitrogen and oxygen atoms in total. The molecule has 1 aromatic heterocycles. The molecule has 4 heteroatoms. The highest BCUT2D eigenvalue weighted by Crippen LogP contribution is 2.26. The number of thioether (sulfide) groups is 1. The van der Waals surface area contributed by atoms with Gasteiger partial charge in [0.25, 0.3) is 0 Å². The first-order valence-corrected chi connectivity index (χ1v) is 5.44. The molecule has 0 N–H and O–H groups in total. The van der Waals surface area contributed by atoms with Gasteiger partial charge >= 0.3 is 0 Å². The lowest BCUT2D eigenvalue weighted by Gasteiger charge is -2.02. The van der Waals surface area contributed by atoms with E-state index in [-0.39, 0.29) is 11.0 Å². The Bertz CT molecular complexity index is 282. The van der Waals surface area contributed by atoms with E-state index in [9.17, 15) is 4.79 Å². The van der Waals surface area contributed by atoms with Crippen LogP contribution in [0.15, 0.2) is 9.72 Å². The summed E-state index contributed by atoms with van der Waals surface area (Å²) >= 11 is 3.13. The Morgan fingerprint density at radius 2 is 2.42 bits per heavy atom. The zero-order valence-corrected chi connectivity index (χ0v) is 8.96. The van der Waals surface area contributed by atoms with Crippen molar-refractivity contribution in [3.8, 4) is 0 Å². The molecule has 1 atom stereocenters. The lowest BCUT2D eigenvalue weighted by atomic mass is 10.3. The highest BCUT2D eigenvalue weighted by Gasteiger charge is 2.10. The van der Waals surface area contributed by atoms with E-state index in [1.165, 1.54) is 11.8 Å². The van der Waals surface area contributed by atoms with Crippen LogP contribution in [0.3, 0.4) is 0 Å². The lowest BCUT2D eigenvalue weighted by molar-refractivity contribution is -0.116. The van der Waals surface area contributed by atoms with Crippen molar-refractivity contribution >= 4 is 28.9 Å². The Balaban J connectivity index is 2.58. The molecule has 0 bridgehead atoms. The second kappa shape index (κ2) is 4.05. The monoisotopic (exact) mass is 201 g/mol. The Labute approximate surface area is 80.4 Å². The molecular weight excluding hydrogens is 190 g/mol. The van der Waals surface area contributed by atoms with Crippen molar-refractivity contribution in [2.24, 2.45) is 0 Å². The summed E-state index contributed by atoms with van der Waals surface area (Å²) < 4.78 is 0.982. The number of Topliss-reactive ketones (excluding diaryl/α,β-unsaturated/α-hetero) is 1. The Morgan fingerprint density at radius 1 is 1.75 bits per heavy atom. The van der Waals surface area contributed by atoms with Gasteiger partial charge in [-0.1, -0.05) is 11.8 Å². The number of carbonyl (C=O) groups excluding carboxylic acids is 1. The number of nitrogens with zero attached hydrogens (tertiary/aromatic N) is 1. The average molecular weight is 201 g/mol. The summed E-state index contributed by atoms with van der Waals surface area (Å²) in [5, 5.41) is 2.02. The number of ketones is 1. The van der Waals surface area contributed by atoms with Gasteiger partial charge in [0.05, 0.1) is 5.25 Å². The van der Waals surface area contributed by atoms with Crippen molar-refractivity contribution in [3.63, 3.8) is 0 Å². The minimum atomic E-state index is 0.0237. The summed E-state index contributed by atoms with van der Waals surface area (Å²) in [7, 11) is 0. The van der Waals surface area contributed by atoms with Crippen molar-refractivity contribution in [2.45, 2.75) is 30.4 Å². The van der Waals surface area contributed by atoms with Gasteiger partial charge in [-0.2, -0.15) is 0 Å². The van der Waals surface area contributed by atoms with Gasteiger partial charge in [-0.3, -0.25) is 4.79 Å². The maximum atomic E-state index is 10.9. The van der Waals surface area contributed by atoms with Crippen molar-refractivity contribution in [1.82, 2.24) is 4.98 Å². The molecule has 0 aliphatic heterocycles.